The fourth-order valence-corrected chi connectivity index (χ4v) is 3.52. The Morgan fingerprint density at radius 2 is 1.89 bits per heavy atom. The topological polar surface area (TPSA) is 74.8 Å². The Balaban J connectivity index is 1.48. The number of nitrogens with zero attached hydrogens (tertiary/aromatic N) is 3. The van der Waals surface area contributed by atoms with Gasteiger partial charge in [-0.25, -0.2) is 9.78 Å². The summed E-state index contributed by atoms with van der Waals surface area (Å²) in [5, 5.41) is 2.97. The second-order valence-electron chi connectivity index (χ2n) is 6.42. The molecule has 3 rings (SSSR count). The van der Waals surface area contributed by atoms with E-state index in [1.54, 1.807) is 19.2 Å². The number of hydrogen-bond acceptors (Lipinski definition) is 6. The Morgan fingerprint density at radius 1 is 1.14 bits per heavy atom. The lowest BCUT2D eigenvalue weighted by Gasteiger charge is -2.35. The molecule has 1 aromatic heterocycles. The van der Waals surface area contributed by atoms with Crippen LogP contribution in [0.4, 0.5) is 11.5 Å². The van der Waals surface area contributed by atoms with Gasteiger partial charge >= 0.3 is 5.97 Å². The number of ether oxygens (including phenoxy) is 1. The van der Waals surface area contributed by atoms with E-state index in [0.717, 1.165) is 41.3 Å². The molecule has 0 unspecified atom stereocenters. The van der Waals surface area contributed by atoms with Gasteiger partial charge in [0, 0.05) is 35.9 Å². The minimum absolute atomic E-state index is 0.00511. The number of carbonyl (C=O) groups is 2. The number of piperazine rings is 1. The van der Waals surface area contributed by atoms with Crippen LogP contribution in [-0.4, -0.2) is 61.1 Å². The molecule has 0 bridgehead atoms. The molecule has 1 N–H and O–H groups in total. The van der Waals surface area contributed by atoms with Gasteiger partial charge < -0.3 is 15.0 Å². The molecular weight excluding hydrogens is 471 g/mol. The number of pyridine rings is 1. The van der Waals surface area contributed by atoms with Crippen molar-refractivity contribution in [3.05, 3.63) is 51.7 Å². The van der Waals surface area contributed by atoms with Gasteiger partial charge in [-0.3, -0.25) is 9.69 Å². The number of amides is 1. The SMILES string of the molecule is CCOC(=O)c1ccc(N2CCN(CC(=O)Nc3ccccc3I)CC2)nc1. The lowest BCUT2D eigenvalue weighted by molar-refractivity contribution is -0.117. The molecule has 28 heavy (non-hydrogen) atoms. The zero-order valence-electron chi connectivity index (χ0n) is 15.7. The molecule has 1 saturated heterocycles. The standard InChI is InChI=1S/C20H23IN4O3/c1-2-28-20(27)15-7-8-18(22-13-15)25-11-9-24(10-12-25)14-19(26)23-17-6-4-3-5-16(17)21/h3-8,13H,2,9-12,14H2,1H3,(H,23,26). The van der Waals surface area contributed by atoms with E-state index < -0.39 is 0 Å². The maximum absolute atomic E-state index is 12.3. The van der Waals surface area contributed by atoms with Gasteiger partial charge in [-0.15, -0.1) is 0 Å². The van der Waals surface area contributed by atoms with Crippen LogP contribution in [0.3, 0.4) is 0 Å². The van der Waals surface area contributed by atoms with Crippen LogP contribution in [0.25, 0.3) is 0 Å². The monoisotopic (exact) mass is 494 g/mol. The second-order valence-corrected chi connectivity index (χ2v) is 7.58. The lowest BCUT2D eigenvalue weighted by Crippen LogP contribution is -2.49. The molecule has 1 aliphatic heterocycles. The molecule has 1 aliphatic rings. The van der Waals surface area contributed by atoms with Gasteiger partial charge in [0.1, 0.15) is 5.82 Å². The van der Waals surface area contributed by atoms with E-state index >= 15 is 0 Å². The van der Waals surface area contributed by atoms with Crippen molar-refractivity contribution in [2.75, 3.05) is 49.5 Å². The van der Waals surface area contributed by atoms with Crippen LogP contribution in [-0.2, 0) is 9.53 Å². The number of nitrogens with one attached hydrogen (secondary N) is 1. The van der Waals surface area contributed by atoms with Gasteiger partial charge in [0.05, 0.1) is 24.4 Å². The molecule has 0 radical (unpaired) electrons. The van der Waals surface area contributed by atoms with Crippen molar-refractivity contribution in [2.45, 2.75) is 6.92 Å². The van der Waals surface area contributed by atoms with Gasteiger partial charge in [0.2, 0.25) is 5.91 Å². The average molecular weight is 494 g/mol. The zero-order valence-corrected chi connectivity index (χ0v) is 17.9. The Hall–Kier alpha value is -2.20. The van der Waals surface area contributed by atoms with Crippen LogP contribution in [0.1, 0.15) is 17.3 Å². The first-order valence-corrected chi connectivity index (χ1v) is 10.3. The highest BCUT2D eigenvalue weighted by atomic mass is 127. The van der Waals surface area contributed by atoms with Crippen LogP contribution in [0.2, 0.25) is 0 Å². The van der Waals surface area contributed by atoms with Gasteiger partial charge in [-0.2, -0.15) is 0 Å². The third-order valence-corrected chi connectivity index (χ3v) is 5.41. The summed E-state index contributed by atoms with van der Waals surface area (Å²) < 4.78 is 6.00. The molecule has 2 heterocycles. The number of esters is 1. The van der Waals surface area contributed by atoms with Crippen LogP contribution < -0.4 is 10.2 Å². The molecule has 1 amide bonds. The normalized spacial score (nSPS) is 14.6. The van der Waals surface area contributed by atoms with Crippen molar-refractivity contribution in [2.24, 2.45) is 0 Å². The fraction of sp³-hybridized carbons (Fsp3) is 0.350. The Kier molecular flexibility index (Phi) is 7.21. The van der Waals surface area contributed by atoms with Gasteiger partial charge in [-0.05, 0) is 53.8 Å². The van der Waals surface area contributed by atoms with Crippen molar-refractivity contribution >= 4 is 46.0 Å². The first-order valence-electron chi connectivity index (χ1n) is 9.21. The summed E-state index contributed by atoms with van der Waals surface area (Å²) in [4.78, 5) is 32.7. The zero-order chi connectivity index (χ0) is 19.9. The first kappa shape index (κ1) is 20.5. The predicted molar refractivity (Wildman–Crippen MR) is 117 cm³/mol. The Labute approximate surface area is 178 Å². The highest BCUT2D eigenvalue weighted by molar-refractivity contribution is 14.1. The van der Waals surface area contributed by atoms with Crippen molar-refractivity contribution in [1.82, 2.24) is 9.88 Å². The summed E-state index contributed by atoms with van der Waals surface area (Å²) in [5.41, 5.74) is 1.30. The third kappa shape index (κ3) is 5.41. The quantitative estimate of drug-likeness (QED) is 0.492. The fourth-order valence-electron chi connectivity index (χ4n) is 3.00. The minimum Gasteiger partial charge on any atom is -0.462 e. The maximum atomic E-state index is 12.3. The number of hydrogen-bond donors (Lipinski definition) is 1. The van der Waals surface area contributed by atoms with Crippen LogP contribution in [0.15, 0.2) is 42.6 Å². The molecular formula is C20H23IN4O3. The molecule has 0 spiro atoms. The number of para-hydroxylation sites is 1. The van der Waals surface area contributed by atoms with Crippen molar-refractivity contribution in [3.8, 4) is 0 Å². The number of aromatic nitrogens is 1. The summed E-state index contributed by atoms with van der Waals surface area (Å²) in [6.07, 6.45) is 1.55. The van der Waals surface area contributed by atoms with Crippen molar-refractivity contribution in [3.63, 3.8) is 0 Å². The minimum atomic E-state index is -0.356. The molecule has 7 nitrogen and oxygen atoms in total. The summed E-state index contributed by atoms with van der Waals surface area (Å²) in [6.45, 7) is 5.61. The Morgan fingerprint density at radius 3 is 2.54 bits per heavy atom. The summed E-state index contributed by atoms with van der Waals surface area (Å²) in [7, 11) is 0. The first-order chi connectivity index (χ1) is 13.6. The number of carbonyl (C=O) groups excluding carboxylic acids is 2. The number of benzene rings is 1. The molecule has 148 valence electrons. The van der Waals surface area contributed by atoms with Gasteiger partial charge in [-0.1, -0.05) is 12.1 Å². The van der Waals surface area contributed by atoms with Crippen molar-refractivity contribution in [1.29, 1.82) is 0 Å². The van der Waals surface area contributed by atoms with E-state index in [0.29, 0.717) is 18.7 Å². The van der Waals surface area contributed by atoms with E-state index in [2.05, 4.69) is 42.7 Å². The second kappa shape index (κ2) is 9.83. The largest absolute Gasteiger partial charge is 0.462 e. The summed E-state index contributed by atoms with van der Waals surface area (Å²) in [5.74, 6) is 0.468. The van der Waals surface area contributed by atoms with E-state index in [1.165, 1.54) is 0 Å². The third-order valence-electron chi connectivity index (χ3n) is 4.47. The predicted octanol–water partition coefficient (Wildman–Crippen LogP) is 2.62. The lowest BCUT2D eigenvalue weighted by atomic mass is 10.2. The molecule has 0 saturated carbocycles. The van der Waals surface area contributed by atoms with Crippen molar-refractivity contribution < 1.29 is 14.3 Å². The van der Waals surface area contributed by atoms with E-state index in [1.807, 2.05) is 30.3 Å². The summed E-state index contributed by atoms with van der Waals surface area (Å²) in [6, 6.07) is 11.3. The number of anilines is 2. The molecule has 1 aromatic carbocycles. The van der Waals surface area contributed by atoms with Crippen LogP contribution in [0.5, 0.6) is 0 Å². The maximum Gasteiger partial charge on any atom is 0.339 e. The van der Waals surface area contributed by atoms with Gasteiger partial charge in [0.15, 0.2) is 0 Å². The highest BCUT2D eigenvalue weighted by Gasteiger charge is 2.20. The van der Waals surface area contributed by atoms with E-state index in [9.17, 15) is 9.59 Å². The number of rotatable bonds is 6. The summed E-state index contributed by atoms with van der Waals surface area (Å²) >= 11 is 2.21. The molecule has 0 aliphatic carbocycles. The number of halogens is 1. The van der Waals surface area contributed by atoms with Crippen LogP contribution in [0, 0.1) is 3.57 Å². The average Bonchev–Trinajstić information content (AvgIpc) is 2.71. The molecule has 0 atom stereocenters. The highest BCUT2D eigenvalue weighted by Crippen LogP contribution is 2.17. The van der Waals surface area contributed by atoms with Crippen LogP contribution >= 0.6 is 22.6 Å². The molecule has 2 aromatic rings. The molecule has 8 heteroatoms. The Bertz CT molecular complexity index is 820. The smallest absolute Gasteiger partial charge is 0.339 e. The van der Waals surface area contributed by atoms with E-state index in [-0.39, 0.29) is 11.9 Å². The van der Waals surface area contributed by atoms with Gasteiger partial charge in [0.25, 0.3) is 0 Å². The van der Waals surface area contributed by atoms with E-state index in [4.69, 9.17) is 4.74 Å². The molecule has 1 fully saturated rings.